The summed E-state index contributed by atoms with van der Waals surface area (Å²) in [6, 6.07) is 3.52. The minimum absolute atomic E-state index is 0.0589. The molecule has 0 heterocycles. The fourth-order valence-corrected chi connectivity index (χ4v) is 1.35. The Morgan fingerprint density at radius 2 is 2.17 bits per heavy atom. The van der Waals surface area contributed by atoms with Gasteiger partial charge in [-0.05, 0) is 25.1 Å². The topological polar surface area (TPSA) is 81.4 Å². The van der Waals surface area contributed by atoms with Gasteiger partial charge in [0.2, 0.25) is 0 Å². The zero-order chi connectivity index (χ0) is 13.5. The first-order chi connectivity index (χ1) is 8.54. The van der Waals surface area contributed by atoms with Crippen LogP contribution in [0.5, 0.6) is 0 Å². The Bertz CT molecular complexity index is 449. The Balaban J connectivity index is 2.48. The number of amides is 1. The molecule has 0 aliphatic rings. The smallest absolute Gasteiger partial charge is 0.307 e. The van der Waals surface area contributed by atoms with Crippen molar-refractivity contribution in [3.8, 4) is 0 Å². The third-order valence-electron chi connectivity index (χ3n) is 2.18. The van der Waals surface area contributed by atoms with E-state index in [1.54, 1.807) is 6.92 Å². The van der Waals surface area contributed by atoms with Crippen molar-refractivity contribution in [1.29, 1.82) is 0 Å². The van der Waals surface area contributed by atoms with Gasteiger partial charge in [-0.25, -0.2) is 4.39 Å². The van der Waals surface area contributed by atoms with Crippen LogP contribution in [0.4, 0.5) is 10.1 Å². The fraction of sp³-hybridized carbons (Fsp3) is 0.333. The van der Waals surface area contributed by atoms with E-state index in [9.17, 15) is 14.0 Å². The van der Waals surface area contributed by atoms with E-state index in [0.29, 0.717) is 6.61 Å². The van der Waals surface area contributed by atoms with Crippen LogP contribution in [-0.2, 0) is 9.53 Å². The van der Waals surface area contributed by atoms with Crippen molar-refractivity contribution in [2.45, 2.75) is 13.3 Å². The summed E-state index contributed by atoms with van der Waals surface area (Å²) in [6.45, 7) is 2.15. The zero-order valence-electron chi connectivity index (χ0n) is 10.0. The lowest BCUT2D eigenvalue weighted by molar-refractivity contribution is -0.142. The Hall–Kier alpha value is -2.11. The van der Waals surface area contributed by atoms with E-state index in [2.05, 4.69) is 5.32 Å². The first-order valence-corrected chi connectivity index (χ1v) is 5.53. The highest BCUT2D eigenvalue weighted by atomic mass is 19.1. The van der Waals surface area contributed by atoms with E-state index in [1.165, 1.54) is 6.07 Å². The molecular formula is C12H15FN2O3. The lowest BCUT2D eigenvalue weighted by atomic mass is 10.1. The van der Waals surface area contributed by atoms with Gasteiger partial charge in [0, 0.05) is 12.2 Å². The molecule has 1 rings (SSSR count). The fourth-order valence-electron chi connectivity index (χ4n) is 1.35. The Morgan fingerprint density at radius 3 is 2.78 bits per heavy atom. The first kappa shape index (κ1) is 14.0. The second kappa shape index (κ2) is 6.58. The van der Waals surface area contributed by atoms with Gasteiger partial charge in [-0.3, -0.25) is 9.59 Å². The van der Waals surface area contributed by atoms with Gasteiger partial charge in [0.1, 0.15) is 5.82 Å². The molecule has 98 valence electrons. The molecule has 1 amide bonds. The van der Waals surface area contributed by atoms with E-state index in [0.717, 1.165) is 12.1 Å². The van der Waals surface area contributed by atoms with E-state index >= 15 is 0 Å². The predicted octanol–water partition coefficient (Wildman–Crippen LogP) is 1.09. The number of carbonyl (C=O) groups is 2. The standard InChI is InChI=1S/C12H15FN2O3/c1-2-18-11(16)5-6-15-12(17)9-4-3-8(13)7-10(9)14/h3-4,7H,2,5-6,14H2,1H3,(H,15,17). The van der Waals surface area contributed by atoms with Crippen molar-refractivity contribution < 1.29 is 18.7 Å². The average Bonchev–Trinajstić information content (AvgIpc) is 2.29. The summed E-state index contributed by atoms with van der Waals surface area (Å²) in [5.74, 6) is -1.34. The van der Waals surface area contributed by atoms with Crippen LogP contribution in [0.15, 0.2) is 18.2 Å². The summed E-state index contributed by atoms with van der Waals surface area (Å²) in [5, 5.41) is 2.51. The number of anilines is 1. The molecule has 0 spiro atoms. The summed E-state index contributed by atoms with van der Waals surface area (Å²) in [4.78, 5) is 22.7. The third kappa shape index (κ3) is 4.04. The molecule has 1 aromatic rings. The molecule has 18 heavy (non-hydrogen) atoms. The molecule has 0 saturated heterocycles. The van der Waals surface area contributed by atoms with Gasteiger partial charge < -0.3 is 15.8 Å². The van der Waals surface area contributed by atoms with Crippen molar-refractivity contribution in [1.82, 2.24) is 5.32 Å². The maximum absolute atomic E-state index is 12.8. The molecule has 3 N–H and O–H groups in total. The minimum Gasteiger partial charge on any atom is -0.466 e. The number of esters is 1. The van der Waals surface area contributed by atoms with Crippen LogP contribution in [0, 0.1) is 5.82 Å². The Morgan fingerprint density at radius 1 is 1.44 bits per heavy atom. The molecule has 0 radical (unpaired) electrons. The van der Waals surface area contributed by atoms with Crippen LogP contribution in [0.1, 0.15) is 23.7 Å². The van der Waals surface area contributed by atoms with Crippen molar-refractivity contribution in [2.24, 2.45) is 0 Å². The molecule has 0 bridgehead atoms. The Labute approximate surface area is 104 Å². The normalized spacial score (nSPS) is 9.89. The summed E-state index contributed by atoms with van der Waals surface area (Å²) in [7, 11) is 0. The van der Waals surface area contributed by atoms with Gasteiger partial charge in [0.25, 0.3) is 5.91 Å². The summed E-state index contributed by atoms with van der Waals surface area (Å²) < 4.78 is 17.5. The predicted molar refractivity (Wildman–Crippen MR) is 64.4 cm³/mol. The van der Waals surface area contributed by atoms with Crippen LogP contribution in [0.25, 0.3) is 0 Å². The molecule has 0 fully saturated rings. The van der Waals surface area contributed by atoms with Crippen LogP contribution in [0.2, 0.25) is 0 Å². The number of nitrogens with two attached hydrogens (primary N) is 1. The molecule has 6 heteroatoms. The first-order valence-electron chi connectivity index (χ1n) is 5.53. The molecule has 0 saturated carbocycles. The maximum atomic E-state index is 12.8. The SMILES string of the molecule is CCOC(=O)CCNC(=O)c1ccc(F)cc1N. The minimum atomic E-state index is -0.504. The second-order valence-corrected chi connectivity index (χ2v) is 3.54. The van der Waals surface area contributed by atoms with Gasteiger partial charge in [0.05, 0.1) is 18.6 Å². The number of rotatable bonds is 5. The molecular weight excluding hydrogens is 239 g/mol. The van der Waals surface area contributed by atoms with Gasteiger partial charge in [-0.2, -0.15) is 0 Å². The van der Waals surface area contributed by atoms with E-state index in [4.69, 9.17) is 10.5 Å². The van der Waals surface area contributed by atoms with E-state index in [-0.39, 0.29) is 30.2 Å². The van der Waals surface area contributed by atoms with Gasteiger partial charge >= 0.3 is 5.97 Å². The monoisotopic (exact) mass is 254 g/mol. The quantitative estimate of drug-likeness (QED) is 0.608. The number of halogens is 1. The molecule has 1 aromatic carbocycles. The number of benzene rings is 1. The average molecular weight is 254 g/mol. The number of nitrogen functional groups attached to an aromatic ring is 1. The highest BCUT2D eigenvalue weighted by Gasteiger charge is 2.10. The molecule has 0 aliphatic heterocycles. The molecule has 0 unspecified atom stereocenters. The lowest BCUT2D eigenvalue weighted by Gasteiger charge is -2.07. The lowest BCUT2D eigenvalue weighted by Crippen LogP contribution is -2.27. The maximum Gasteiger partial charge on any atom is 0.307 e. The van der Waals surface area contributed by atoms with Gasteiger partial charge in [-0.1, -0.05) is 0 Å². The van der Waals surface area contributed by atoms with Crippen LogP contribution in [0.3, 0.4) is 0 Å². The number of nitrogens with one attached hydrogen (secondary N) is 1. The van der Waals surface area contributed by atoms with Gasteiger partial charge in [0.15, 0.2) is 0 Å². The van der Waals surface area contributed by atoms with Crippen molar-refractivity contribution >= 4 is 17.6 Å². The highest BCUT2D eigenvalue weighted by molar-refractivity contribution is 5.99. The van der Waals surface area contributed by atoms with Crippen molar-refractivity contribution in [3.63, 3.8) is 0 Å². The molecule has 0 aliphatic carbocycles. The summed E-state index contributed by atoms with van der Waals surface area (Å²) >= 11 is 0. The number of hydrogen-bond acceptors (Lipinski definition) is 4. The Kier molecular flexibility index (Phi) is 5.10. The largest absolute Gasteiger partial charge is 0.466 e. The van der Waals surface area contributed by atoms with Crippen molar-refractivity contribution in [2.75, 3.05) is 18.9 Å². The third-order valence-corrected chi connectivity index (χ3v) is 2.18. The summed E-state index contributed by atoms with van der Waals surface area (Å²) in [6.07, 6.45) is 0.0840. The molecule has 5 nitrogen and oxygen atoms in total. The number of hydrogen-bond donors (Lipinski definition) is 2. The van der Waals surface area contributed by atoms with Crippen LogP contribution in [-0.4, -0.2) is 25.0 Å². The van der Waals surface area contributed by atoms with Gasteiger partial charge in [-0.15, -0.1) is 0 Å². The number of ether oxygens (including phenoxy) is 1. The second-order valence-electron chi connectivity index (χ2n) is 3.54. The van der Waals surface area contributed by atoms with Crippen molar-refractivity contribution in [3.05, 3.63) is 29.6 Å². The molecule has 0 aromatic heterocycles. The zero-order valence-corrected chi connectivity index (χ0v) is 10.0. The van der Waals surface area contributed by atoms with Crippen LogP contribution >= 0.6 is 0 Å². The van der Waals surface area contributed by atoms with Crippen LogP contribution < -0.4 is 11.1 Å². The van der Waals surface area contributed by atoms with E-state index < -0.39 is 11.7 Å². The number of carbonyl (C=O) groups excluding carboxylic acids is 2. The highest BCUT2D eigenvalue weighted by Crippen LogP contribution is 2.12. The van der Waals surface area contributed by atoms with E-state index in [1.807, 2.05) is 0 Å². The summed E-state index contributed by atoms with van der Waals surface area (Å²) in [5.41, 5.74) is 5.75. The molecule has 0 atom stereocenters.